The van der Waals surface area contributed by atoms with Gasteiger partial charge in [-0.3, -0.25) is 4.79 Å². The molecule has 5 heteroatoms. The zero-order valence-corrected chi connectivity index (χ0v) is 12.4. The van der Waals surface area contributed by atoms with Crippen molar-refractivity contribution >= 4 is 5.91 Å². The summed E-state index contributed by atoms with van der Waals surface area (Å²) in [5.74, 6) is 0.561. The van der Waals surface area contributed by atoms with Crippen LogP contribution in [-0.2, 0) is 9.53 Å². The van der Waals surface area contributed by atoms with Gasteiger partial charge in [-0.1, -0.05) is 12.1 Å². The highest BCUT2D eigenvalue weighted by atomic mass is 16.5. The van der Waals surface area contributed by atoms with E-state index in [-0.39, 0.29) is 19.1 Å². The van der Waals surface area contributed by atoms with Crippen LogP contribution in [0.1, 0.15) is 11.1 Å². The summed E-state index contributed by atoms with van der Waals surface area (Å²) in [6.45, 7) is 4.99. The van der Waals surface area contributed by atoms with Crippen molar-refractivity contribution in [2.45, 2.75) is 13.8 Å². The molecule has 0 unspecified atom stereocenters. The quantitative estimate of drug-likeness (QED) is 0.776. The molecular weight excluding hydrogens is 258 g/mol. The van der Waals surface area contributed by atoms with E-state index in [1.165, 1.54) is 4.90 Å². The Morgan fingerprint density at radius 1 is 1.30 bits per heavy atom. The van der Waals surface area contributed by atoms with Gasteiger partial charge < -0.3 is 19.5 Å². The number of benzene rings is 1. The van der Waals surface area contributed by atoms with Gasteiger partial charge in [0.2, 0.25) is 0 Å². The molecule has 0 spiro atoms. The second-order valence-corrected chi connectivity index (χ2v) is 4.65. The average Bonchev–Trinajstić information content (AvgIpc) is 2.44. The largest absolute Gasteiger partial charge is 0.483 e. The van der Waals surface area contributed by atoms with Crippen LogP contribution >= 0.6 is 0 Å². The molecule has 5 nitrogen and oxygen atoms in total. The standard InChI is InChI=1S/C15H23NO4/c1-12-4-5-13(2)14(10-12)20-11-15(18)16(6-8-17)7-9-19-3/h4-5,10,17H,6-9,11H2,1-3H3. The summed E-state index contributed by atoms with van der Waals surface area (Å²) in [5.41, 5.74) is 2.08. The Labute approximate surface area is 120 Å². The normalized spacial score (nSPS) is 10.4. The molecule has 0 aliphatic rings. The minimum absolute atomic E-state index is 0.0337. The molecule has 0 fully saturated rings. The number of aliphatic hydroxyl groups excluding tert-OH is 1. The highest BCUT2D eigenvalue weighted by molar-refractivity contribution is 5.77. The van der Waals surface area contributed by atoms with Crippen molar-refractivity contribution in [3.8, 4) is 5.75 Å². The minimum Gasteiger partial charge on any atom is -0.483 e. The van der Waals surface area contributed by atoms with Gasteiger partial charge in [-0.15, -0.1) is 0 Å². The summed E-state index contributed by atoms with van der Waals surface area (Å²) in [6, 6.07) is 5.88. The molecule has 0 radical (unpaired) electrons. The Morgan fingerprint density at radius 2 is 2.05 bits per heavy atom. The van der Waals surface area contributed by atoms with E-state index in [1.54, 1.807) is 7.11 Å². The summed E-state index contributed by atoms with van der Waals surface area (Å²) >= 11 is 0. The first-order chi connectivity index (χ1) is 9.58. The van der Waals surface area contributed by atoms with E-state index in [0.29, 0.717) is 25.4 Å². The van der Waals surface area contributed by atoms with Crippen LogP contribution in [0, 0.1) is 13.8 Å². The van der Waals surface area contributed by atoms with E-state index < -0.39 is 0 Å². The number of hydrogen-bond donors (Lipinski definition) is 1. The highest BCUT2D eigenvalue weighted by Crippen LogP contribution is 2.19. The number of amides is 1. The molecule has 0 atom stereocenters. The number of rotatable bonds is 8. The van der Waals surface area contributed by atoms with Gasteiger partial charge in [-0.25, -0.2) is 0 Å². The van der Waals surface area contributed by atoms with Gasteiger partial charge in [0.15, 0.2) is 6.61 Å². The van der Waals surface area contributed by atoms with E-state index in [9.17, 15) is 4.79 Å². The maximum Gasteiger partial charge on any atom is 0.260 e. The van der Waals surface area contributed by atoms with Gasteiger partial charge in [0.25, 0.3) is 5.91 Å². The molecule has 112 valence electrons. The lowest BCUT2D eigenvalue weighted by molar-refractivity contribution is -0.134. The first kappa shape index (κ1) is 16.5. The van der Waals surface area contributed by atoms with Crippen LogP contribution in [0.5, 0.6) is 5.75 Å². The van der Waals surface area contributed by atoms with E-state index in [4.69, 9.17) is 14.6 Å². The van der Waals surface area contributed by atoms with Crippen molar-refractivity contribution in [1.82, 2.24) is 4.90 Å². The lowest BCUT2D eigenvalue weighted by Crippen LogP contribution is -2.39. The molecule has 0 heterocycles. The number of aryl methyl sites for hydroxylation is 2. The second-order valence-electron chi connectivity index (χ2n) is 4.65. The summed E-state index contributed by atoms with van der Waals surface area (Å²) in [5, 5.41) is 8.98. The monoisotopic (exact) mass is 281 g/mol. The number of carbonyl (C=O) groups excluding carboxylic acids is 1. The van der Waals surface area contributed by atoms with Gasteiger partial charge >= 0.3 is 0 Å². The lowest BCUT2D eigenvalue weighted by atomic mass is 10.1. The molecule has 20 heavy (non-hydrogen) atoms. The Morgan fingerprint density at radius 3 is 2.70 bits per heavy atom. The van der Waals surface area contributed by atoms with Gasteiger partial charge in [-0.2, -0.15) is 0 Å². The van der Waals surface area contributed by atoms with Crippen LogP contribution in [0.2, 0.25) is 0 Å². The van der Waals surface area contributed by atoms with Gasteiger partial charge in [0, 0.05) is 20.2 Å². The topological polar surface area (TPSA) is 59.0 Å². The molecule has 0 aliphatic heterocycles. The molecule has 0 bridgehead atoms. The Kier molecular flexibility index (Phi) is 7.04. The molecule has 1 aromatic rings. The summed E-state index contributed by atoms with van der Waals surface area (Å²) in [4.78, 5) is 13.6. The zero-order chi connectivity index (χ0) is 15.0. The minimum atomic E-state index is -0.156. The Bertz CT molecular complexity index is 434. The molecule has 0 aromatic heterocycles. The average molecular weight is 281 g/mol. The molecule has 0 saturated carbocycles. The maximum absolute atomic E-state index is 12.0. The van der Waals surface area contributed by atoms with Crippen molar-refractivity contribution in [2.24, 2.45) is 0 Å². The van der Waals surface area contributed by atoms with Crippen LogP contribution in [0.25, 0.3) is 0 Å². The third-order valence-electron chi connectivity index (χ3n) is 2.98. The fraction of sp³-hybridized carbons (Fsp3) is 0.533. The first-order valence-electron chi connectivity index (χ1n) is 6.66. The molecule has 0 saturated heterocycles. The Balaban J connectivity index is 2.57. The molecule has 1 N–H and O–H groups in total. The Hall–Kier alpha value is -1.59. The zero-order valence-electron chi connectivity index (χ0n) is 12.4. The lowest BCUT2D eigenvalue weighted by Gasteiger charge is -2.21. The van der Waals surface area contributed by atoms with E-state index in [1.807, 2.05) is 32.0 Å². The summed E-state index contributed by atoms with van der Waals surface area (Å²) in [7, 11) is 1.58. The number of carbonyl (C=O) groups is 1. The van der Waals surface area contributed by atoms with Gasteiger partial charge in [0.1, 0.15) is 5.75 Å². The first-order valence-corrected chi connectivity index (χ1v) is 6.66. The number of nitrogens with zero attached hydrogens (tertiary/aromatic N) is 1. The van der Waals surface area contributed by atoms with Crippen molar-refractivity contribution < 1.29 is 19.4 Å². The maximum atomic E-state index is 12.0. The van der Waals surface area contributed by atoms with E-state index in [0.717, 1.165) is 11.1 Å². The van der Waals surface area contributed by atoms with Crippen molar-refractivity contribution in [2.75, 3.05) is 40.0 Å². The summed E-state index contributed by atoms with van der Waals surface area (Å²) < 4.78 is 10.5. The fourth-order valence-electron chi connectivity index (χ4n) is 1.78. The SMILES string of the molecule is COCCN(CCO)C(=O)COc1cc(C)ccc1C. The number of methoxy groups -OCH3 is 1. The van der Waals surface area contributed by atoms with E-state index >= 15 is 0 Å². The fourth-order valence-corrected chi connectivity index (χ4v) is 1.78. The molecule has 1 amide bonds. The summed E-state index contributed by atoms with van der Waals surface area (Å²) in [6.07, 6.45) is 0. The third kappa shape index (κ3) is 5.19. The van der Waals surface area contributed by atoms with Crippen LogP contribution in [0.15, 0.2) is 18.2 Å². The smallest absolute Gasteiger partial charge is 0.260 e. The van der Waals surface area contributed by atoms with Crippen LogP contribution in [0.4, 0.5) is 0 Å². The highest BCUT2D eigenvalue weighted by Gasteiger charge is 2.14. The molecule has 0 aliphatic carbocycles. The predicted octanol–water partition coefficient (Wildman–Crippen LogP) is 1.15. The third-order valence-corrected chi connectivity index (χ3v) is 2.98. The van der Waals surface area contributed by atoms with Crippen molar-refractivity contribution in [3.63, 3.8) is 0 Å². The number of aliphatic hydroxyl groups is 1. The molecule has 1 rings (SSSR count). The number of ether oxygens (including phenoxy) is 2. The molecule has 1 aromatic carbocycles. The second kappa shape index (κ2) is 8.55. The van der Waals surface area contributed by atoms with Crippen LogP contribution in [0.3, 0.4) is 0 Å². The van der Waals surface area contributed by atoms with Crippen molar-refractivity contribution in [3.05, 3.63) is 29.3 Å². The van der Waals surface area contributed by atoms with Crippen LogP contribution < -0.4 is 4.74 Å². The number of hydrogen-bond acceptors (Lipinski definition) is 4. The van der Waals surface area contributed by atoms with Crippen molar-refractivity contribution in [1.29, 1.82) is 0 Å². The predicted molar refractivity (Wildman–Crippen MR) is 77.0 cm³/mol. The van der Waals surface area contributed by atoms with Gasteiger partial charge in [-0.05, 0) is 31.0 Å². The molecular formula is C15H23NO4. The van der Waals surface area contributed by atoms with Gasteiger partial charge in [0.05, 0.1) is 13.2 Å². The van der Waals surface area contributed by atoms with E-state index in [2.05, 4.69) is 0 Å². The van der Waals surface area contributed by atoms with Crippen LogP contribution in [-0.4, -0.2) is 55.9 Å².